The highest BCUT2D eigenvalue weighted by Gasteiger charge is 2.17. The molecule has 0 amide bonds. The van der Waals surface area contributed by atoms with Crippen molar-refractivity contribution >= 4 is 28.8 Å². The lowest BCUT2D eigenvalue weighted by Crippen LogP contribution is -2.06. The third-order valence-corrected chi connectivity index (χ3v) is 4.29. The molecule has 0 aliphatic carbocycles. The Morgan fingerprint density at radius 3 is 2.58 bits per heavy atom. The summed E-state index contributed by atoms with van der Waals surface area (Å²) in [6.07, 6.45) is 1.64. The molecule has 3 aromatic heterocycles. The van der Waals surface area contributed by atoms with Crippen molar-refractivity contribution in [2.24, 2.45) is 0 Å². The van der Waals surface area contributed by atoms with Crippen LogP contribution in [0.25, 0.3) is 5.65 Å². The third-order valence-electron chi connectivity index (χ3n) is 4.07. The van der Waals surface area contributed by atoms with Crippen molar-refractivity contribution < 1.29 is 5.11 Å². The standard InChI is InChI=1S/C18H15ClN6O/c1-11(12-2-5-14(26)6-3-12)18-23-22-17-9-8-16(24-25(17)18)21-13-4-7-15(19)20-10-13/h2-11,26H,1H3,(H,21,24)/t11-/m0/s1. The van der Waals surface area contributed by atoms with Crippen LogP contribution in [0.5, 0.6) is 5.75 Å². The Labute approximate surface area is 154 Å². The van der Waals surface area contributed by atoms with Crippen molar-refractivity contribution in [2.45, 2.75) is 12.8 Å². The number of aromatic nitrogens is 5. The third kappa shape index (κ3) is 3.16. The quantitative estimate of drug-likeness (QED) is 0.534. The van der Waals surface area contributed by atoms with E-state index in [1.807, 2.05) is 37.3 Å². The first-order chi connectivity index (χ1) is 12.6. The number of hydrogen-bond acceptors (Lipinski definition) is 6. The zero-order valence-corrected chi connectivity index (χ0v) is 14.6. The molecule has 0 radical (unpaired) electrons. The smallest absolute Gasteiger partial charge is 0.178 e. The van der Waals surface area contributed by atoms with Gasteiger partial charge in [-0.2, -0.15) is 4.52 Å². The van der Waals surface area contributed by atoms with Gasteiger partial charge >= 0.3 is 0 Å². The molecule has 26 heavy (non-hydrogen) atoms. The van der Waals surface area contributed by atoms with Gasteiger partial charge in [0, 0.05) is 5.92 Å². The van der Waals surface area contributed by atoms with Crippen LogP contribution in [0.4, 0.5) is 11.5 Å². The summed E-state index contributed by atoms with van der Waals surface area (Å²) in [4.78, 5) is 4.04. The first-order valence-corrected chi connectivity index (χ1v) is 8.38. The van der Waals surface area contributed by atoms with E-state index in [0.29, 0.717) is 22.4 Å². The van der Waals surface area contributed by atoms with Gasteiger partial charge in [0.2, 0.25) is 0 Å². The van der Waals surface area contributed by atoms with Crippen LogP contribution in [0.1, 0.15) is 24.2 Å². The van der Waals surface area contributed by atoms with Gasteiger partial charge in [-0.3, -0.25) is 0 Å². The molecule has 0 bridgehead atoms. The Morgan fingerprint density at radius 2 is 1.85 bits per heavy atom. The monoisotopic (exact) mass is 366 g/mol. The van der Waals surface area contributed by atoms with Gasteiger partial charge in [-0.15, -0.1) is 15.3 Å². The lowest BCUT2D eigenvalue weighted by molar-refractivity contribution is 0.475. The number of nitrogens with zero attached hydrogens (tertiary/aromatic N) is 5. The van der Waals surface area contributed by atoms with E-state index < -0.39 is 0 Å². The van der Waals surface area contributed by atoms with Crippen LogP contribution in [0.3, 0.4) is 0 Å². The van der Waals surface area contributed by atoms with E-state index in [4.69, 9.17) is 11.6 Å². The van der Waals surface area contributed by atoms with Gasteiger partial charge in [-0.1, -0.05) is 30.7 Å². The molecule has 0 fully saturated rings. The number of rotatable bonds is 4. The van der Waals surface area contributed by atoms with Gasteiger partial charge in [0.1, 0.15) is 10.9 Å². The highest BCUT2D eigenvalue weighted by molar-refractivity contribution is 6.29. The van der Waals surface area contributed by atoms with Gasteiger partial charge in [-0.05, 0) is 42.0 Å². The number of hydrogen-bond donors (Lipinski definition) is 2. The molecule has 1 aromatic carbocycles. The van der Waals surface area contributed by atoms with Crippen LogP contribution >= 0.6 is 11.6 Å². The fourth-order valence-electron chi connectivity index (χ4n) is 2.65. The summed E-state index contributed by atoms with van der Waals surface area (Å²) in [5, 5.41) is 26.1. The van der Waals surface area contributed by atoms with Crippen molar-refractivity contribution in [3.05, 3.63) is 71.3 Å². The molecule has 4 aromatic rings. The first kappa shape index (κ1) is 16.3. The van der Waals surface area contributed by atoms with Crippen LogP contribution in [0.15, 0.2) is 54.7 Å². The average molecular weight is 367 g/mol. The second-order valence-electron chi connectivity index (χ2n) is 5.85. The Hall–Kier alpha value is -3.19. The van der Waals surface area contributed by atoms with E-state index in [1.165, 1.54) is 0 Å². The maximum Gasteiger partial charge on any atom is 0.178 e. The number of phenols is 1. The molecular weight excluding hydrogens is 352 g/mol. The summed E-state index contributed by atoms with van der Waals surface area (Å²) in [6.45, 7) is 2.02. The fourth-order valence-corrected chi connectivity index (χ4v) is 2.76. The number of anilines is 2. The summed E-state index contributed by atoms with van der Waals surface area (Å²) < 4.78 is 1.71. The molecule has 7 nitrogen and oxygen atoms in total. The molecule has 130 valence electrons. The van der Waals surface area contributed by atoms with Crippen LogP contribution < -0.4 is 5.32 Å². The maximum atomic E-state index is 9.47. The molecule has 1 atom stereocenters. The minimum absolute atomic E-state index is 0.0365. The number of aromatic hydroxyl groups is 1. The van der Waals surface area contributed by atoms with Crippen molar-refractivity contribution in [3.63, 3.8) is 0 Å². The number of halogens is 1. The zero-order chi connectivity index (χ0) is 18.1. The van der Waals surface area contributed by atoms with Crippen LogP contribution in [0, 0.1) is 0 Å². The average Bonchev–Trinajstić information content (AvgIpc) is 3.07. The zero-order valence-electron chi connectivity index (χ0n) is 13.8. The van der Waals surface area contributed by atoms with Gasteiger partial charge in [0.15, 0.2) is 17.3 Å². The first-order valence-electron chi connectivity index (χ1n) is 8.00. The summed E-state index contributed by atoms with van der Waals surface area (Å²) in [7, 11) is 0. The number of pyridine rings is 1. The Kier molecular flexibility index (Phi) is 4.14. The Morgan fingerprint density at radius 1 is 1.04 bits per heavy atom. The molecule has 2 N–H and O–H groups in total. The van der Waals surface area contributed by atoms with Crippen molar-refractivity contribution in [3.8, 4) is 5.75 Å². The molecule has 3 heterocycles. The molecule has 0 saturated carbocycles. The van der Waals surface area contributed by atoms with E-state index in [1.54, 1.807) is 28.9 Å². The number of fused-ring (bicyclic) bond motifs is 1. The van der Waals surface area contributed by atoms with E-state index in [0.717, 1.165) is 11.3 Å². The van der Waals surface area contributed by atoms with E-state index >= 15 is 0 Å². The van der Waals surface area contributed by atoms with Crippen molar-refractivity contribution in [1.29, 1.82) is 0 Å². The van der Waals surface area contributed by atoms with Gasteiger partial charge in [0.05, 0.1) is 11.9 Å². The summed E-state index contributed by atoms with van der Waals surface area (Å²) >= 11 is 5.81. The summed E-state index contributed by atoms with van der Waals surface area (Å²) in [5.41, 5.74) is 2.45. The molecule has 8 heteroatoms. The van der Waals surface area contributed by atoms with Gasteiger partial charge in [-0.25, -0.2) is 4.98 Å². The fraction of sp³-hybridized carbons (Fsp3) is 0.111. The number of phenolic OH excluding ortho intramolecular Hbond substituents is 1. The summed E-state index contributed by atoms with van der Waals surface area (Å²) in [6, 6.07) is 14.2. The van der Waals surface area contributed by atoms with Gasteiger partial charge in [0.25, 0.3) is 0 Å². The highest BCUT2D eigenvalue weighted by atomic mass is 35.5. The molecule has 0 spiro atoms. The van der Waals surface area contributed by atoms with Crippen LogP contribution in [-0.2, 0) is 0 Å². The topological polar surface area (TPSA) is 88.2 Å². The number of benzene rings is 1. The van der Waals surface area contributed by atoms with Crippen molar-refractivity contribution in [2.75, 3.05) is 5.32 Å². The van der Waals surface area contributed by atoms with E-state index in [9.17, 15) is 5.11 Å². The molecule has 4 rings (SSSR count). The Bertz CT molecular complexity index is 1050. The van der Waals surface area contributed by atoms with E-state index in [2.05, 4.69) is 25.6 Å². The molecule has 0 saturated heterocycles. The molecular formula is C18H15ClN6O. The lowest BCUT2D eigenvalue weighted by Gasteiger charge is -2.11. The Balaban J connectivity index is 1.68. The normalized spacial score (nSPS) is 12.2. The van der Waals surface area contributed by atoms with E-state index in [-0.39, 0.29) is 11.7 Å². The molecule has 0 aliphatic rings. The molecule has 0 aliphatic heterocycles. The minimum atomic E-state index is -0.0365. The number of nitrogens with one attached hydrogen (secondary N) is 1. The predicted octanol–water partition coefficient (Wildman–Crippen LogP) is 3.77. The second kappa shape index (κ2) is 6.61. The largest absolute Gasteiger partial charge is 0.508 e. The highest BCUT2D eigenvalue weighted by Crippen LogP contribution is 2.25. The lowest BCUT2D eigenvalue weighted by atomic mass is 10.0. The second-order valence-corrected chi connectivity index (χ2v) is 6.24. The van der Waals surface area contributed by atoms with Crippen molar-refractivity contribution in [1.82, 2.24) is 24.8 Å². The predicted molar refractivity (Wildman–Crippen MR) is 98.9 cm³/mol. The van der Waals surface area contributed by atoms with Gasteiger partial charge < -0.3 is 10.4 Å². The SMILES string of the molecule is C[C@@H](c1ccc(O)cc1)c1nnc2ccc(Nc3ccc(Cl)nc3)nn12. The minimum Gasteiger partial charge on any atom is -0.508 e. The van der Waals surface area contributed by atoms with Crippen LogP contribution in [0.2, 0.25) is 5.15 Å². The maximum absolute atomic E-state index is 9.47. The van der Waals surface area contributed by atoms with Crippen LogP contribution in [-0.4, -0.2) is 29.9 Å². The summed E-state index contributed by atoms with van der Waals surface area (Å²) in [5.74, 6) is 1.54. The molecule has 0 unspecified atom stereocenters.